The first-order chi connectivity index (χ1) is 14.8. The van der Waals surface area contributed by atoms with E-state index in [1.165, 1.54) is 5.69 Å². The lowest BCUT2D eigenvalue weighted by Crippen LogP contribution is -2.49. The van der Waals surface area contributed by atoms with Crippen LogP contribution in [0.1, 0.15) is 26.3 Å². The van der Waals surface area contributed by atoms with Crippen molar-refractivity contribution < 1.29 is 19.3 Å². The number of benzene rings is 2. The summed E-state index contributed by atoms with van der Waals surface area (Å²) in [6, 6.07) is 14.0. The Balaban J connectivity index is 1.49. The topological polar surface area (TPSA) is 54.4 Å². The molecule has 0 amide bonds. The summed E-state index contributed by atoms with van der Waals surface area (Å²) >= 11 is 0. The highest BCUT2D eigenvalue weighted by Crippen LogP contribution is 2.34. The highest BCUT2D eigenvalue weighted by molar-refractivity contribution is 5.49. The van der Waals surface area contributed by atoms with Crippen LogP contribution in [0.25, 0.3) is 0 Å². The van der Waals surface area contributed by atoms with Crippen LogP contribution in [0.2, 0.25) is 0 Å². The average molecular weight is 429 g/mol. The van der Waals surface area contributed by atoms with Gasteiger partial charge < -0.3 is 24.2 Å². The number of β-amino-alcohol motifs (C(OH)–C–C–N with tert-alkyl or cyclic N) is 1. The fraction of sp³-hybridized carbons (Fsp3) is 0.520. The molecule has 1 fully saturated rings. The Labute approximate surface area is 186 Å². The molecule has 2 aromatic carbocycles. The summed E-state index contributed by atoms with van der Waals surface area (Å²) in [6.07, 6.45) is -0.539. The second-order valence-corrected chi connectivity index (χ2v) is 9.06. The standard InChI is InChI=1S/C25H36N2O4/c1-25(2,3)23-16-22(30-5)10-11-24(23)31-18-20(28)17-26-12-14-27(15-13-26)19-6-8-21(29-4)9-7-19/h6-11,16,20,28H,12-15,17-18H2,1-5H3. The van der Waals surface area contributed by atoms with Crippen LogP contribution < -0.4 is 19.1 Å². The van der Waals surface area contributed by atoms with Gasteiger partial charge in [0.2, 0.25) is 0 Å². The molecule has 170 valence electrons. The molecule has 6 nitrogen and oxygen atoms in total. The van der Waals surface area contributed by atoms with Gasteiger partial charge in [-0.05, 0) is 47.9 Å². The first kappa shape index (κ1) is 23.2. The number of anilines is 1. The molecule has 2 aromatic rings. The molecule has 1 atom stereocenters. The molecule has 3 rings (SSSR count). The Bertz CT molecular complexity index is 824. The molecule has 31 heavy (non-hydrogen) atoms. The van der Waals surface area contributed by atoms with E-state index in [1.807, 2.05) is 30.3 Å². The Morgan fingerprint density at radius 2 is 1.52 bits per heavy atom. The summed E-state index contributed by atoms with van der Waals surface area (Å²) < 4.78 is 16.6. The fourth-order valence-electron chi connectivity index (χ4n) is 3.87. The monoisotopic (exact) mass is 428 g/mol. The van der Waals surface area contributed by atoms with E-state index in [0.29, 0.717) is 6.54 Å². The molecular formula is C25H36N2O4. The minimum atomic E-state index is -0.539. The van der Waals surface area contributed by atoms with Crippen LogP contribution in [0.5, 0.6) is 17.2 Å². The van der Waals surface area contributed by atoms with Crippen molar-refractivity contribution in [3.63, 3.8) is 0 Å². The van der Waals surface area contributed by atoms with Crippen LogP contribution in [0.3, 0.4) is 0 Å². The van der Waals surface area contributed by atoms with Gasteiger partial charge in [0.15, 0.2) is 0 Å². The van der Waals surface area contributed by atoms with Crippen molar-refractivity contribution in [1.29, 1.82) is 0 Å². The lowest BCUT2D eigenvalue weighted by Gasteiger charge is -2.37. The minimum absolute atomic E-state index is 0.0768. The van der Waals surface area contributed by atoms with E-state index in [1.54, 1.807) is 14.2 Å². The van der Waals surface area contributed by atoms with Crippen molar-refractivity contribution in [3.05, 3.63) is 48.0 Å². The van der Waals surface area contributed by atoms with Crippen molar-refractivity contribution >= 4 is 5.69 Å². The number of hydrogen-bond acceptors (Lipinski definition) is 6. The van der Waals surface area contributed by atoms with Crippen LogP contribution in [0.4, 0.5) is 5.69 Å². The van der Waals surface area contributed by atoms with Crippen LogP contribution in [0.15, 0.2) is 42.5 Å². The molecule has 0 aliphatic carbocycles. The first-order valence-electron chi connectivity index (χ1n) is 10.9. The van der Waals surface area contributed by atoms with Gasteiger partial charge in [0.05, 0.1) is 14.2 Å². The van der Waals surface area contributed by atoms with Gasteiger partial charge in [-0.2, -0.15) is 0 Å². The van der Waals surface area contributed by atoms with E-state index in [4.69, 9.17) is 14.2 Å². The largest absolute Gasteiger partial charge is 0.497 e. The number of nitrogens with zero attached hydrogens (tertiary/aromatic N) is 2. The van der Waals surface area contributed by atoms with E-state index in [2.05, 4.69) is 42.7 Å². The number of piperazine rings is 1. The highest BCUT2D eigenvalue weighted by Gasteiger charge is 2.22. The summed E-state index contributed by atoms with van der Waals surface area (Å²) in [5.74, 6) is 2.49. The molecule has 1 unspecified atom stereocenters. The lowest BCUT2D eigenvalue weighted by atomic mass is 9.86. The molecule has 1 N–H and O–H groups in total. The Hall–Kier alpha value is -2.44. The molecule has 6 heteroatoms. The third-order valence-electron chi connectivity index (χ3n) is 5.70. The molecule has 0 bridgehead atoms. The number of aliphatic hydroxyl groups is 1. The lowest BCUT2D eigenvalue weighted by molar-refractivity contribution is 0.0656. The first-order valence-corrected chi connectivity index (χ1v) is 10.9. The van der Waals surface area contributed by atoms with Gasteiger partial charge in [-0.1, -0.05) is 20.8 Å². The van der Waals surface area contributed by atoms with Gasteiger partial charge in [0, 0.05) is 44.0 Å². The van der Waals surface area contributed by atoms with Crippen LogP contribution >= 0.6 is 0 Å². The number of ether oxygens (including phenoxy) is 3. The second kappa shape index (κ2) is 10.2. The molecule has 0 spiro atoms. The van der Waals surface area contributed by atoms with Crippen LogP contribution in [-0.4, -0.2) is 69.7 Å². The minimum Gasteiger partial charge on any atom is -0.497 e. The third kappa shape index (κ3) is 6.28. The zero-order chi connectivity index (χ0) is 22.4. The van der Waals surface area contributed by atoms with Crippen molar-refractivity contribution in [2.45, 2.75) is 32.3 Å². The quantitative estimate of drug-likeness (QED) is 0.694. The van der Waals surface area contributed by atoms with Crippen LogP contribution in [0, 0.1) is 0 Å². The SMILES string of the molecule is COc1ccc(N2CCN(CC(O)COc3ccc(OC)cc3C(C)(C)C)CC2)cc1. The maximum atomic E-state index is 10.6. The van der Waals surface area contributed by atoms with Gasteiger partial charge in [0.25, 0.3) is 0 Å². The predicted molar refractivity (Wildman–Crippen MR) is 125 cm³/mol. The number of hydrogen-bond donors (Lipinski definition) is 1. The predicted octanol–water partition coefficient (Wildman–Crippen LogP) is 3.56. The molecule has 1 saturated heterocycles. The molecule has 0 aromatic heterocycles. The van der Waals surface area contributed by atoms with Gasteiger partial charge in [-0.3, -0.25) is 4.90 Å². The zero-order valence-corrected chi connectivity index (χ0v) is 19.4. The van der Waals surface area contributed by atoms with E-state index < -0.39 is 6.10 Å². The fourth-order valence-corrected chi connectivity index (χ4v) is 3.87. The second-order valence-electron chi connectivity index (χ2n) is 9.06. The molecule has 1 aliphatic heterocycles. The van der Waals surface area contributed by atoms with E-state index in [-0.39, 0.29) is 12.0 Å². The maximum Gasteiger partial charge on any atom is 0.123 e. The van der Waals surface area contributed by atoms with Crippen molar-refractivity contribution in [1.82, 2.24) is 4.90 Å². The zero-order valence-electron chi connectivity index (χ0n) is 19.4. The smallest absolute Gasteiger partial charge is 0.123 e. The van der Waals surface area contributed by atoms with Crippen LogP contribution in [-0.2, 0) is 5.41 Å². The molecule has 1 aliphatic rings. The van der Waals surface area contributed by atoms with E-state index >= 15 is 0 Å². The molecule has 0 radical (unpaired) electrons. The van der Waals surface area contributed by atoms with Gasteiger partial charge in [-0.15, -0.1) is 0 Å². The van der Waals surface area contributed by atoms with Gasteiger partial charge in [0.1, 0.15) is 30.0 Å². The Morgan fingerprint density at radius 3 is 2.10 bits per heavy atom. The van der Waals surface area contributed by atoms with Crippen molar-refractivity contribution in [2.24, 2.45) is 0 Å². The summed E-state index contributed by atoms with van der Waals surface area (Å²) in [7, 11) is 3.35. The third-order valence-corrected chi connectivity index (χ3v) is 5.70. The van der Waals surface area contributed by atoms with E-state index in [9.17, 15) is 5.11 Å². The van der Waals surface area contributed by atoms with Crippen molar-refractivity contribution in [3.8, 4) is 17.2 Å². The summed E-state index contributed by atoms with van der Waals surface area (Å²) in [5.41, 5.74) is 2.21. The average Bonchev–Trinajstić information content (AvgIpc) is 2.77. The molecule has 0 saturated carbocycles. The highest BCUT2D eigenvalue weighted by atomic mass is 16.5. The van der Waals surface area contributed by atoms with Crippen molar-refractivity contribution in [2.75, 3.05) is 58.5 Å². The normalized spacial score (nSPS) is 16.1. The Kier molecular flexibility index (Phi) is 7.68. The number of methoxy groups -OCH3 is 2. The number of aliphatic hydroxyl groups excluding tert-OH is 1. The maximum absolute atomic E-state index is 10.6. The van der Waals surface area contributed by atoms with Gasteiger partial charge >= 0.3 is 0 Å². The summed E-state index contributed by atoms with van der Waals surface area (Å²) in [5, 5.41) is 10.6. The van der Waals surface area contributed by atoms with E-state index in [0.717, 1.165) is 49.0 Å². The Morgan fingerprint density at radius 1 is 0.903 bits per heavy atom. The molecular weight excluding hydrogens is 392 g/mol. The molecule has 1 heterocycles. The summed E-state index contributed by atoms with van der Waals surface area (Å²) in [4.78, 5) is 4.67. The van der Waals surface area contributed by atoms with Gasteiger partial charge in [-0.25, -0.2) is 0 Å². The number of rotatable bonds is 8. The summed E-state index contributed by atoms with van der Waals surface area (Å²) in [6.45, 7) is 11.0.